The molecule has 2 aromatic rings. The van der Waals surface area contributed by atoms with Crippen LogP contribution in [0.25, 0.3) is 0 Å². The molecule has 2 aromatic carbocycles. The van der Waals surface area contributed by atoms with Gasteiger partial charge in [-0.2, -0.15) is 0 Å². The highest BCUT2D eigenvalue weighted by Crippen LogP contribution is 2.49. The first-order chi connectivity index (χ1) is 14.0. The minimum absolute atomic E-state index is 0.115. The molecule has 0 radical (unpaired) electrons. The SMILES string of the molecule is O=C(CN1CCN(C(=O)C2(c3ccc(F)cc3)CC2)CC1)Nc1ccccc1Cl. The van der Waals surface area contributed by atoms with E-state index >= 15 is 0 Å². The summed E-state index contributed by atoms with van der Waals surface area (Å²) >= 11 is 6.08. The second-order valence-corrected chi connectivity index (χ2v) is 8.09. The van der Waals surface area contributed by atoms with E-state index in [4.69, 9.17) is 11.6 Å². The smallest absolute Gasteiger partial charge is 0.238 e. The van der Waals surface area contributed by atoms with E-state index in [-0.39, 0.29) is 24.2 Å². The van der Waals surface area contributed by atoms with Crippen molar-refractivity contribution in [2.24, 2.45) is 0 Å². The number of anilines is 1. The highest BCUT2D eigenvalue weighted by Gasteiger charge is 2.53. The molecule has 1 N–H and O–H groups in total. The predicted molar refractivity (Wildman–Crippen MR) is 110 cm³/mol. The van der Waals surface area contributed by atoms with Crippen LogP contribution in [-0.4, -0.2) is 54.3 Å². The average Bonchev–Trinajstić information content (AvgIpc) is 3.52. The van der Waals surface area contributed by atoms with Gasteiger partial charge in [0.1, 0.15) is 5.82 Å². The van der Waals surface area contributed by atoms with Crippen LogP contribution in [0.4, 0.5) is 10.1 Å². The first-order valence-electron chi connectivity index (χ1n) is 9.80. The number of carbonyl (C=O) groups is 2. The Bertz CT molecular complexity index is 907. The molecule has 1 saturated heterocycles. The maximum atomic E-state index is 13.2. The van der Waals surface area contributed by atoms with E-state index in [0.29, 0.717) is 36.9 Å². The van der Waals surface area contributed by atoms with Gasteiger partial charge in [-0.15, -0.1) is 0 Å². The van der Waals surface area contributed by atoms with E-state index in [1.807, 2.05) is 21.9 Å². The lowest BCUT2D eigenvalue weighted by Crippen LogP contribution is -2.52. The Hall–Kier alpha value is -2.44. The monoisotopic (exact) mass is 415 g/mol. The Kier molecular flexibility index (Phi) is 5.56. The minimum Gasteiger partial charge on any atom is -0.339 e. The average molecular weight is 416 g/mol. The largest absolute Gasteiger partial charge is 0.339 e. The molecule has 5 nitrogen and oxygen atoms in total. The van der Waals surface area contributed by atoms with Crippen molar-refractivity contribution in [2.75, 3.05) is 38.0 Å². The van der Waals surface area contributed by atoms with Gasteiger partial charge in [0.05, 0.1) is 22.7 Å². The number of hydrogen-bond acceptors (Lipinski definition) is 3. The number of nitrogens with zero attached hydrogens (tertiary/aromatic N) is 2. The van der Waals surface area contributed by atoms with Gasteiger partial charge >= 0.3 is 0 Å². The summed E-state index contributed by atoms with van der Waals surface area (Å²) in [6.45, 7) is 2.71. The molecular weight excluding hydrogens is 393 g/mol. The summed E-state index contributed by atoms with van der Waals surface area (Å²) in [5.41, 5.74) is 1.01. The van der Waals surface area contributed by atoms with Crippen molar-refractivity contribution in [1.82, 2.24) is 9.80 Å². The van der Waals surface area contributed by atoms with E-state index in [2.05, 4.69) is 5.32 Å². The number of amides is 2. The summed E-state index contributed by atoms with van der Waals surface area (Å²) in [5, 5.41) is 3.33. The first-order valence-corrected chi connectivity index (χ1v) is 10.2. The maximum absolute atomic E-state index is 13.2. The molecule has 2 amide bonds. The van der Waals surface area contributed by atoms with Crippen LogP contribution in [-0.2, 0) is 15.0 Å². The first kappa shape index (κ1) is 19.9. The number of para-hydroxylation sites is 1. The zero-order chi connectivity index (χ0) is 20.4. The molecule has 7 heteroatoms. The molecule has 2 aliphatic rings. The fourth-order valence-electron chi connectivity index (χ4n) is 3.89. The standard InChI is InChI=1S/C22H23ClFN3O2/c23-18-3-1-2-4-19(18)25-20(28)15-26-11-13-27(14-12-26)21(29)22(9-10-22)16-5-7-17(24)8-6-16/h1-8H,9-15H2,(H,25,28). The lowest BCUT2D eigenvalue weighted by molar-refractivity contribution is -0.135. The second kappa shape index (κ2) is 8.13. The summed E-state index contributed by atoms with van der Waals surface area (Å²) in [6.07, 6.45) is 1.61. The lowest BCUT2D eigenvalue weighted by atomic mass is 9.94. The van der Waals surface area contributed by atoms with E-state index in [0.717, 1.165) is 18.4 Å². The summed E-state index contributed by atoms with van der Waals surface area (Å²) in [6, 6.07) is 13.4. The molecular formula is C22H23ClFN3O2. The van der Waals surface area contributed by atoms with Gasteiger partial charge in [-0.25, -0.2) is 4.39 Å². The number of nitrogens with one attached hydrogen (secondary N) is 1. The third-order valence-electron chi connectivity index (χ3n) is 5.73. The third kappa shape index (κ3) is 4.28. The normalized spacial score (nSPS) is 18.3. The zero-order valence-corrected chi connectivity index (χ0v) is 16.8. The topological polar surface area (TPSA) is 52.7 Å². The van der Waals surface area contributed by atoms with Gasteiger partial charge < -0.3 is 10.2 Å². The predicted octanol–water partition coefficient (Wildman–Crippen LogP) is 3.29. The molecule has 1 aliphatic carbocycles. The Balaban J connectivity index is 1.30. The van der Waals surface area contributed by atoms with Gasteiger partial charge in [0, 0.05) is 26.2 Å². The van der Waals surface area contributed by atoms with Gasteiger partial charge in [-0.1, -0.05) is 35.9 Å². The summed E-state index contributed by atoms with van der Waals surface area (Å²) in [4.78, 5) is 29.3. The molecule has 0 spiro atoms. The minimum atomic E-state index is -0.489. The van der Waals surface area contributed by atoms with E-state index < -0.39 is 5.41 Å². The number of hydrogen-bond donors (Lipinski definition) is 1. The van der Waals surface area contributed by atoms with Gasteiger partial charge in [-0.05, 0) is 42.7 Å². The fraction of sp³-hybridized carbons (Fsp3) is 0.364. The Morgan fingerprint density at radius 1 is 1.00 bits per heavy atom. The van der Waals surface area contributed by atoms with Crippen LogP contribution in [0.1, 0.15) is 18.4 Å². The third-order valence-corrected chi connectivity index (χ3v) is 6.06. The van der Waals surface area contributed by atoms with Crippen molar-refractivity contribution in [3.8, 4) is 0 Å². The molecule has 29 heavy (non-hydrogen) atoms. The van der Waals surface area contributed by atoms with E-state index in [1.165, 1.54) is 12.1 Å². The van der Waals surface area contributed by atoms with Crippen LogP contribution in [0.3, 0.4) is 0 Å². The van der Waals surface area contributed by atoms with Gasteiger partial charge in [0.25, 0.3) is 0 Å². The van der Waals surface area contributed by atoms with Crippen LogP contribution in [0.2, 0.25) is 5.02 Å². The molecule has 0 bridgehead atoms. The number of benzene rings is 2. The van der Waals surface area contributed by atoms with Crippen molar-refractivity contribution < 1.29 is 14.0 Å². The van der Waals surface area contributed by atoms with Crippen molar-refractivity contribution in [3.05, 3.63) is 64.9 Å². The Morgan fingerprint density at radius 3 is 2.28 bits per heavy atom. The molecule has 0 aromatic heterocycles. The number of halogens is 2. The summed E-state index contributed by atoms with van der Waals surface area (Å²) in [5.74, 6) is -0.298. The second-order valence-electron chi connectivity index (χ2n) is 7.69. The quantitative estimate of drug-likeness (QED) is 0.815. The molecule has 4 rings (SSSR count). The van der Waals surface area contributed by atoms with Crippen molar-refractivity contribution in [3.63, 3.8) is 0 Å². The molecule has 1 heterocycles. The Morgan fingerprint density at radius 2 is 1.66 bits per heavy atom. The molecule has 0 atom stereocenters. The highest BCUT2D eigenvalue weighted by molar-refractivity contribution is 6.33. The molecule has 2 fully saturated rings. The van der Waals surface area contributed by atoms with Gasteiger partial charge in [-0.3, -0.25) is 14.5 Å². The molecule has 1 aliphatic heterocycles. The summed E-state index contributed by atoms with van der Waals surface area (Å²) < 4.78 is 13.2. The Labute approximate surface area is 174 Å². The summed E-state index contributed by atoms with van der Waals surface area (Å²) in [7, 11) is 0. The van der Waals surface area contributed by atoms with Crippen LogP contribution in [0, 0.1) is 5.82 Å². The van der Waals surface area contributed by atoms with Crippen molar-refractivity contribution >= 4 is 29.1 Å². The lowest BCUT2D eigenvalue weighted by Gasteiger charge is -2.36. The molecule has 0 unspecified atom stereocenters. The van der Waals surface area contributed by atoms with Gasteiger partial charge in [0.15, 0.2) is 0 Å². The molecule has 1 saturated carbocycles. The zero-order valence-electron chi connectivity index (χ0n) is 16.0. The van der Waals surface area contributed by atoms with Crippen LogP contribution >= 0.6 is 11.6 Å². The van der Waals surface area contributed by atoms with Crippen LogP contribution < -0.4 is 5.32 Å². The van der Waals surface area contributed by atoms with Gasteiger partial charge in [0.2, 0.25) is 11.8 Å². The number of carbonyl (C=O) groups excluding carboxylic acids is 2. The number of piperazine rings is 1. The van der Waals surface area contributed by atoms with Crippen molar-refractivity contribution in [2.45, 2.75) is 18.3 Å². The van der Waals surface area contributed by atoms with Crippen LogP contribution in [0.5, 0.6) is 0 Å². The molecule has 152 valence electrons. The van der Waals surface area contributed by atoms with E-state index in [9.17, 15) is 14.0 Å². The maximum Gasteiger partial charge on any atom is 0.238 e. The van der Waals surface area contributed by atoms with Crippen LogP contribution in [0.15, 0.2) is 48.5 Å². The highest BCUT2D eigenvalue weighted by atomic mass is 35.5. The van der Waals surface area contributed by atoms with E-state index in [1.54, 1.807) is 24.3 Å². The fourth-order valence-corrected chi connectivity index (χ4v) is 4.07. The van der Waals surface area contributed by atoms with Crippen molar-refractivity contribution in [1.29, 1.82) is 0 Å². The number of rotatable bonds is 5.